The number of fused-ring (bicyclic) bond motifs is 14. The predicted molar refractivity (Wildman–Crippen MR) is 61.3 cm³/mol. The van der Waals surface area contributed by atoms with Crippen molar-refractivity contribution in [2.75, 3.05) is 0 Å². The minimum atomic E-state index is 0.561. The van der Waals surface area contributed by atoms with Crippen molar-refractivity contribution in [2.45, 2.75) is 50.6 Å². The first-order valence-corrected chi connectivity index (χ1v) is 7.64. The van der Waals surface area contributed by atoms with Crippen LogP contribution >= 0.6 is 0 Å². The Kier molecular flexibility index (Phi) is 1.29. The normalized spacial score (nSPS) is 77.1. The van der Waals surface area contributed by atoms with Crippen molar-refractivity contribution in [1.82, 2.24) is 0 Å². The second kappa shape index (κ2) is 2.46. The summed E-state index contributed by atoms with van der Waals surface area (Å²) in [7, 11) is 0. The van der Waals surface area contributed by atoms with E-state index in [1.165, 1.54) is 19.3 Å². The minimum Gasteiger partial charge on any atom is -0.375 e. The van der Waals surface area contributed by atoms with Crippen molar-refractivity contribution in [2.24, 2.45) is 41.4 Å². The molecule has 0 amide bonds. The van der Waals surface area contributed by atoms with Crippen LogP contribution < -0.4 is 0 Å². The molecule has 0 aromatic carbocycles. The van der Waals surface area contributed by atoms with Gasteiger partial charge in [-0.1, -0.05) is 0 Å². The third-order valence-electron chi connectivity index (χ3n) is 7.44. The van der Waals surface area contributed by atoms with Crippen LogP contribution in [0, 0.1) is 41.4 Å². The number of rotatable bonds is 0. The largest absolute Gasteiger partial charge is 0.375 e. The monoisotopic (exact) mass is 232 g/mol. The highest BCUT2D eigenvalue weighted by Crippen LogP contribution is 2.73. The van der Waals surface area contributed by atoms with Gasteiger partial charge in [0.25, 0.3) is 0 Å². The second-order valence-corrected chi connectivity index (χ2v) is 7.61. The molecule has 2 heteroatoms. The fraction of sp³-hybridized carbons (Fsp3) is 1.00. The summed E-state index contributed by atoms with van der Waals surface area (Å²) < 4.78 is 12.0. The summed E-state index contributed by atoms with van der Waals surface area (Å²) in [5.74, 6) is 6.94. The Morgan fingerprint density at radius 3 is 2.47 bits per heavy atom. The molecule has 0 aromatic rings. The molecule has 0 aromatic heterocycles. The van der Waals surface area contributed by atoms with Crippen LogP contribution in [0.2, 0.25) is 0 Å². The molecule has 0 spiro atoms. The van der Waals surface area contributed by atoms with Crippen molar-refractivity contribution >= 4 is 0 Å². The summed E-state index contributed by atoms with van der Waals surface area (Å²) in [6.45, 7) is 2.32. The highest BCUT2D eigenvalue weighted by molar-refractivity contribution is 5.21. The average molecular weight is 232 g/mol. The third kappa shape index (κ3) is 0.805. The Balaban J connectivity index is 1.45. The Morgan fingerprint density at radius 2 is 1.53 bits per heavy atom. The lowest BCUT2D eigenvalue weighted by Crippen LogP contribution is -2.43. The number of ether oxygens (including phenoxy) is 2. The van der Waals surface area contributed by atoms with Gasteiger partial charge in [0.2, 0.25) is 0 Å². The van der Waals surface area contributed by atoms with Crippen molar-refractivity contribution in [3.05, 3.63) is 0 Å². The fourth-order valence-corrected chi connectivity index (χ4v) is 7.18. The van der Waals surface area contributed by atoms with E-state index >= 15 is 0 Å². The molecule has 4 saturated carbocycles. The molecule has 2 aliphatic heterocycles. The minimum absolute atomic E-state index is 0.561. The Bertz CT molecular complexity index is 408. The van der Waals surface area contributed by atoms with E-state index in [9.17, 15) is 0 Å². The van der Waals surface area contributed by atoms with Crippen molar-refractivity contribution in [1.29, 1.82) is 0 Å². The molecule has 10 unspecified atom stereocenters. The lowest BCUT2D eigenvalue weighted by atomic mass is 9.66. The third-order valence-corrected chi connectivity index (χ3v) is 7.44. The molecule has 17 heavy (non-hydrogen) atoms. The first kappa shape index (κ1) is 8.92. The van der Waals surface area contributed by atoms with Gasteiger partial charge in [0.15, 0.2) is 0 Å². The zero-order valence-electron chi connectivity index (χ0n) is 10.3. The van der Waals surface area contributed by atoms with Crippen LogP contribution in [0.1, 0.15) is 26.2 Å². The number of epoxide rings is 1. The lowest BCUT2D eigenvalue weighted by Gasteiger charge is -2.43. The molecule has 6 rings (SSSR count). The second-order valence-electron chi connectivity index (χ2n) is 7.61. The highest BCUT2D eigenvalue weighted by atomic mass is 16.6. The van der Waals surface area contributed by atoms with Crippen molar-refractivity contribution in [3.8, 4) is 0 Å². The van der Waals surface area contributed by atoms with Crippen LogP contribution in [0.15, 0.2) is 0 Å². The van der Waals surface area contributed by atoms with E-state index in [2.05, 4.69) is 6.92 Å². The molecule has 6 fully saturated rings. The van der Waals surface area contributed by atoms with Gasteiger partial charge in [-0.3, -0.25) is 0 Å². The van der Waals surface area contributed by atoms with E-state index in [1.807, 2.05) is 0 Å². The van der Waals surface area contributed by atoms with Crippen LogP contribution in [0.3, 0.4) is 0 Å². The maximum Gasteiger partial charge on any atom is 0.0875 e. The van der Waals surface area contributed by atoms with Gasteiger partial charge in [0.05, 0.1) is 24.4 Å². The van der Waals surface area contributed by atoms with Gasteiger partial charge in [0.1, 0.15) is 0 Å². The Morgan fingerprint density at radius 1 is 0.706 bits per heavy atom. The van der Waals surface area contributed by atoms with E-state index in [4.69, 9.17) is 9.47 Å². The average Bonchev–Trinajstić information content (AvgIpc) is 2.78. The van der Waals surface area contributed by atoms with Crippen LogP contribution in [0.5, 0.6) is 0 Å². The molecule has 6 aliphatic rings. The molecule has 92 valence electrons. The van der Waals surface area contributed by atoms with E-state index < -0.39 is 0 Å². The maximum absolute atomic E-state index is 6.18. The first-order chi connectivity index (χ1) is 8.33. The van der Waals surface area contributed by atoms with E-state index in [-0.39, 0.29) is 0 Å². The molecule has 4 aliphatic carbocycles. The van der Waals surface area contributed by atoms with E-state index in [1.54, 1.807) is 0 Å². The molecular weight excluding hydrogens is 212 g/mol. The van der Waals surface area contributed by atoms with Crippen LogP contribution in [-0.2, 0) is 9.47 Å². The first-order valence-electron chi connectivity index (χ1n) is 7.64. The number of hydrogen-bond acceptors (Lipinski definition) is 2. The Hall–Kier alpha value is -0.0800. The summed E-state index contributed by atoms with van der Waals surface area (Å²) in [5.41, 5.74) is 0. The van der Waals surface area contributed by atoms with Gasteiger partial charge in [0, 0.05) is 0 Å². The fourth-order valence-electron chi connectivity index (χ4n) is 7.18. The van der Waals surface area contributed by atoms with Gasteiger partial charge in [-0.2, -0.15) is 0 Å². The van der Waals surface area contributed by atoms with Gasteiger partial charge in [-0.25, -0.2) is 0 Å². The molecule has 0 N–H and O–H groups in total. The van der Waals surface area contributed by atoms with E-state index in [0.717, 1.165) is 41.4 Å². The zero-order chi connectivity index (χ0) is 10.9. The maximum atomic E-state index is 6.18. The predicted octanol–water partition coefficient (Wildman–Crippen LogP) is 2.08. The van der Waals surface area contributed by atoms with Gasteiger partial charge < -0.3 is 9.47 Å². The summed E-state index contributed by atoms with van der Waals surface area (Å²) >= 11 is 0. The molecule has 11 atom stereocenters. The standard InChI is InChI=1S/C15H20O2/c1-5-6-3-10(16-5)14-9-2-7(12(6)14)8-4-11-15(17-11)13(8)9/h5-15H,2-4H2,1H3/t5?,6?,7?,8?,9?,10-,11?,12?,13?,14?,15?/m0/s1. The van der Waals surface area contributed by atoms with Crippen LogP contribution in [0.4, 0.5) is 0 Å². The SMILES string of the molecule is CC1O[C@H]2CC1C1C3CC(C4C3CC3OC34)C12. The van der Waals surface area contributed by atoms with Crippen LogP contribution in [0.25, 0.3) is 0 Å². The Labute approximate surface area is 102 Å². The van der Waals surface area contributed by atoms with Crippen molar-refractivity contribution in [3.63, 3.8) is 0 Å². The highest BCUT2D eigenvalue weighted by Gasteiger charge is 2.73. The molecular formula is C15H20O2. The quantitative estimate of drug-likeness (QED) is 0.471. The smallest absolute Gasteiger partial charge is 0.0875 e. The lowest BCUT2D eigenvalue weighted by molar-refractivity contribution is -0.0883. The zero-order valence-corrected chi connectivity index (χ0v) is 10.3. The molecule has 2 heterocycles. The number of hydrogen-bond donors (Lipinski definition) is 0. The van der Waals surface area contributed by atoms with Gasteiger partial charge >= 0.3 is 0 Å². The van der Waals surface area contributed by atoms with E-state index in [0.29, 0.717) is 24.4 Å². The summed E-state index contributed by atoms with van der Waals surface area (Å²) in [6.07, 6.45) is 6.89. The molecule has 2 nitrogen and oxygen atoms in total. The van der Waals surface area contributed by atoms with Gasteiger partial charge in [-0.05, 0) is 67.6 Å². The summed E-state index contributed by atoms with van der Waals surface area (Å²) in [5, 5.41) is 0. The molecule has 0 radical (unpaired) electrons. The summed E-state index contributed by atoms with van der Waals surface area (Å²) in [4.78, 5) is 0. The van der Waals surface area contributed by atoms with Crippen LogP contribution in [-0.4, -0.2) is 24.4 Å². The van der Waals surface area contributed by atoms with Gasteiger partial charge in [-0.15, -0.1) is 0 Å². The van der Waals surface area contributed by atoms with Crippen molar-refractivity contribution < 1.29 is 9.47 Å². The summed E-state index contributed by atoms with van der Waals surface area (Å²) in [6, 6.07) is 0. The molecule has 4 bridgehead atoms. The topological polar surface area (TPSA) is 21.8 Å². The molecule has 2 saturated heterocycles.